The minimum absolute atomic E-state index is 0.184. The van der Waals surface area contributed by atoms with Crippen molar-refractivity contribution in [2.24, 2.45) is 0 Å². The van der Waals surface area contributed by atoms with Gasteiger partial charge in [-0.2, -0.15) is 0 Å². The molecule has 0 saturated carbocycles. The maximum Gasteiger partial charge on any atom is 0.222 e. The summed E-state index contributed by atoms with van der Waals surface area (Å²) in [6.45, 7) is 4.73. The summed E-state index contributed by atoms with van der Waals surface area (Å²) < 4.78 is 0. The van der Waals surface area contributed by atoms with E-state index in [0.29, 0.717) is 13.0 Å². The summed E-state index contributed by atoms with van der Waals surface area (Å²) >= 11 is 0. The van der Waals surface area contributed by atoms with Crippen molar-refractivity contribution in [1.29, 1.82) is 0 Å². The largest absolute Gasteiger partial charge is 0.389 e. The van der Waals surface area contributed by atoms with Gasteiger partial charge in [0.25, 0.3) is 0 Å². The van der Waals surface area contributed by atoms with Gasteiger partial charge < -0.3 is 10.0 Å². The zero-order chi connectivity index (χ0) is 9.19. The van der Waals surface area contributed by atoms with E-state index in [4.69, 9.17) is 0 Å². The molecule has 70 valence electrons. The van der Waals surface area contributed by atoms with Crippen LogP contribution in [0.15, 0.2) is 0 Å². The topological polar surface area (TPSA) is 40.5 Å². The monoisotopic (exact) mass is 171 g/mol. The molecule has 0 aliphatic carbocycles. The third-order valence-corrected chi connectivity index (χ3v) is 2.00. The van der Waals surface area contributed by atoms with E-state index in [2.05, 4.69) is 0 Å². The normalized spacial score (nSPS) is 19.9. The summed E-state index contributed by atoms with van der Waals surface area (Å²) in [5, 5.41) is 9.49. The lowest BCUT2D eigenvalue weighted by Gasteiger charge is -2.31. The standard InChI is InChI=1S/C9H17NO2/c1-9(2,12)7-10-6-4-3-5-8(10)11/h12H,3-7H2,1-2H3. The van der Waals surface area contributed by atoms with Crippen molar-refractivity contribution >= 4 is 5.91 Å². The molecule has 0 radical (unpaired) electrons. The predicted octanol–water partition coefficient (Wildman–Crippen LogP) is 0.770. The summed E-state index contributed by atoms with van der Waals surface area (Å²) in [5.41, 5.74) is -0.757. The van der Waals surface area contributed by atoms with E-state index < -0.39 is 5.60 Å². The van der Waals surface area contributed by atoms with Gasteiger partial charge in [-0.3, -0.25) is 4.79 Å². The number of hydrogen-bond donors (Lipinski definition) is 1. The Bertz CT molecular complexity index is 172. The van der Waals surface area contributed by atoms with Crippen LogP contribution in [0.3, 0.4) is 0 Å². The number of hydrogen-bond acceptors (Lipinski definition) is 2. The van der Waals surface area contributed by atoms with E-state index in [1.165, 1.54) is 0 Å². The molecule has 1 aliphatic rings. The molecule has 0 unspecified atom stereocenters. The minimum atomic E-state index is -0.757. The molecule has 0 bridgehead atoms. The molecule has 0 spiro atoms. The maximum absolute atomic E-state index is 11.3. The van der Waals surface area contributed by atoms with Gasteiger partial charge in [0.2, 0.25) is 5.91 Å². The number of aliphatic hydroxyl groups is 1. The number of amides is 1. The number of β-amino-alcohol motifs (C(OH)–C–C–N with tert-alkyl or cyclic N) is 1. The zero-order valence-corrected chi connectivity index (χ0v) is 7.84. The van der Waals surface area contributed by atoms with Crippen LogP contribution in [-0.2, 0) is 4.79 Å². The van der Waals surface area contributed by atoms with Crippen molar-refractivity contribution in [1.82, 2.24) is 4.90 Å². The van der Waals surface area contributed by atoms with Crippen LogP contribution in [0, 0.1) is 0 Å². The van der Waals surface area contributed by atoms with Crippen LogP contribution >= 0.6 is 0 Å². The molecule has 1 N–H and O–H groups in total. The lowest BCUT2D eigenvalue weighted by Crippen LogP contribution is -2.44. The van der Waals surface area contributed by atoms with Gasteiger partial charge in [0, 0.05) is 19.5 Å². The summed E-state index contributed by atoms with van der Waals surface area (Å²) in [6, 6.07) is 0. The molecule has 1 rings (SSSR count). The Morgan fingerprint density at radius 3 is 2.67 bits per heavy atom. The highest BCUT2D eigenvalue weighted by molar-refractivity contribution is 5.76. The Morgan fingerprint density at radius 2 is 2.17 bits per heavy atom. The molecule has 1 fully saturated rings. The molecule has 1 amide bonds. The first-order valence-electron chi connectivity index (χ1n) is 4.49. The lowest BCUT2D eigenvalue weighted by atomic mass is 10.1. The highest BCUT2D eigenvalue weighted by Crippen LogP contribution is 2.13. The summed E-state index contributed by atoms with van der Waals surface area (Å²) in [4.78, 5) is 13.0. The predicted molar refractivity (Wildman–Crippen MR) is 46.7 cm³/mol. The average Bonchev–Trinajstić information content (AvgIpc) is 1.91. The minimum Gasteiger partial charge on any atom is -0.389 e. The molecule has 1 aliphatic heterocycles. The van der Waals surface area contributed by atoms with Crippen molar-refractivity contribution in [2.45, 2.75) is 38.7 Å². The van der Waals surface area contributed by atoms with Gasteiger partial charge in [0.05, 0.1) is 5.60 Å². The van der Waals surface area contributed by atoms with Crippen LogP contribution in [0.2, 0.25) is 0 Å². The fourth-order valence-corrected chi connectivity index (χ4v) is 1.50. The summed E-state index contributed by atoms with van der Waals surface area (Å²) in [7, 11) is 0. The number of piperidine rings is 1. The molecular weight excluding hydrogens is 154 g/mol. The molecule has 0 aromatic rings. The van der Waals surface area contributed by atoms with Crippen molar-refractivity contribution in [3.05, 3.63) is 0 Å². The Balaban J connectivity index is 2.45. The second kappa shape index (κ2) is 3.44. The van der Waals surface area contributed by atoms with Gasteiger partial charge in [-0.05, 0) is 26.7 Å². The zero-order valence-electron chi connectivity index (χ0n) is 7.84. The van der Waals surface area contributed by atoms with Crippen LogP contribution in [0.25, 0.3) is 0 Å². The van der Waals surface area contributed by atoms with Gasteiger partial charge >= 0.3 is 0 Å². The summed E-state index contributed by atoms with van der Waals surface area (Å²) in [5.74, 6) is 0.184. The maximum atomic E-state index is 11.3. The second-order valence-electron chi connectivity index (χ2n) is 4.08. The molecule has 3 nitrogen and oxygen atoms in total. The lowest BCUT2D eigenvalue weighted by molar-refractivity contribution is -0.136. The summed E-state index contributed by atoms with van der Waals surface area (Å²) in [6.07, 6.45) is 2.72. The molecular formula is C9H17NO2. The number of nitrogens with zero attached hydrogens (tertiary/aromatic N) is 1. The van der Waals surface area contributed by atoms with Crippen molar-refractivity contribution < 1.29 is 9.90 Å². The third kappa shape index (κ3) is 2.81. The molecule has 3 heteroatoms. The Kier molecular flexibility index (Phi) is 2.73. The Morgan fingerprint density at radius 1 is 1.50 bits per heavy atom. The van der Waals surface area contributed by atoms with E-state index in [1.54, 1.807) is 18.7 Å². The van der Waals surface area contributed by atoms with Gasteiger partial charge in [-0.1, -0.05) is 0 Å². The van der Waals surface area contributed by atoms with Crippen LogP contribution in [-0.4, -0.2) is 34.6 Å². The molecule has 0 aromatic heterocycles. The molecule has 1 saturated heterocycles. The third-order valence-electron chi connectivity index (χ3n) is 2.00. The average molecular weight is 171 g/mol. The highest BCUT2D eigenvalue weighted by atomic mass is 16.3. The molecule has 1 heterocycles. The SMILES string of the molecule is CC(C)(O)CN1CCCCC1=O. The van der Waals surface area contributed by atoms with Crippen LogP contribution in [0.4, 0.5) is 0 Å². The van der Waals surface area contributed by atoms with Gasteiger partial charge in [-0.15, -0.1) is 0 Å². The fourth-order valence-electron chi connectivity index (χ4n) is 1.50. The Labute approximate surface area is 73.4 Å². The highest BCUT2D eigenvalue weighted by Gasteiger charge is 2.24. The van der Waals surface area contributed by atoms with Gasteiger partial charge in [0.1, 0.15) is 0 Å². The first-order valence-corrected chi connectivity index (χ1v) is 4.49. The van der Waals surface area contributed by atoms with Gasteiger partial charge in [-0.25, -0.2) is 0 Å². The van der Waals surface area contributed by atoms with E-state index in [0.717, 1.165) is 19.4 Å². The van der Waals surface area contributed by atoms with Crippen LogP contribution < -0.4 is 0 Å². The van der Waals surface area contributed by atoms with Crippen molar-refractivity contribution in [3.8, 4) is 0 Å². The number of carbonyl (C=O) groups excluding carboxylic acids is 1. The Hall–Kier alpha value is -0.570. The smallest absolute Gasteiger partial charge is 0.222 e. The van der Waals surface area contributed by atoms with E-state index in [9.17, 15) is 9.90 Å². The van der Waals surface area contributed by atoms with Crippen LogP contribution in [0.1, 0.15) is 33.1 Å². The fraction of sp³-hybridized carbons (Fsp3) is 0.889. The first-order chi connectivity index (χ1) is 5.49. The van der Waals surface area contributed by atoms with Crippen LogP contribution in [0.5, 0.6) is 0 Å². The molecule has 12 heavy (non-hydrogen) atoms. The van der Waals surface area contributed by atoms with E-state index in [1.807, 2.05) is 0 Å². The first kappa shape index (κ1) is 9.52. The quantitative estimate of drug-likeness (QED) is 0.666. The van der Waals surface area contributed by atoms with Gasteiger partial charge in [0.15, 0.2) is 0 Å². The van der Waals surface area contributed by atoms with E-state index >= 15 is 0 Å². The second-order valence-corrected chi connectivity index (χ2v) is 4.08. The molecule has 0 atom stereocenters. The number of carbonyl (C=O) groups is 1. The van der Waals surface area contributed by atoms with E-state index in [-0.39, 0.29) is 5.91 Å². The number of rotatable bonds is 2. The van der Waals surface area contributed by atoms with Crippen molar-refractivity contribution in [2.75, 3.05) is 13.1 Å². The number of likely N-dealkylation sites (tertiary alicyclic amines) is 1. The molecule has 0 aromatic carbocycles. The van der Waals surface area contributed by atoms with Crippen molar-refractivity contribution in [3.63, 3.8) is 0 Å².